The molecule has 4 heteroatoms. The molecule has 4 N–H and O–H groups in total. The highest BCUT2D eigenvalue weighted by atomic mass is 16.3. The summed E-state index contributed by atoms with van der Waals surface area (Å²) in [7, 11) is 0. The Hall–Kier alpha value is -3.80. The highest BCUT2D eigenvalue weighted by Gasteiger charge is 1.83. The molecule has 0 fully saturated rings. The van der Waals surface area contributed by atoms with Gasteiger partial charge in [0.15, 0.2) is 0 Å². The van der Waals surface area contributed by atoms with E-state index in [-0.39, 0.29) is 19.8 Å². The fourth-order valence-electron chi connectivity index (χ4n) is 0. The van der Waals surface area contributed by atoms with E-state index in [4.69, 9.17) is 20.4 Å². The lowest BCUT2D eigenvalue weighted by Crippen LogP contribution is -2.03. The lowest BCUT2D eigenvalue weighted by Gasteiger charge is -1.90. The van der Waals surface area contributed by atoms with E-state index < -0.39 is 6.10 Å². The van der Waals surface area contributed by atoms with Crippen LogP contribution in [0.1, 0.15) is 6.92 Å². The van der Waals surface area contributed by atoms with Crippen molar-refractivity contribution in [3.8, 4) is 0 Å². The van der Waals surface area contributed by atoms with Gasteiger partial charge in [-0.3, -0.25) is 0 Å². The monoisotopic (exact) mass is 531 g/mol. The van der Waals surface area contributed by atoms with Gasteiger partial charge in [-0.25, -0.2) is 0 Å². The van der Waals surface area contributed by atoms with Gasteiger partial charge >= 0.3 is 0 Å². The van der Waals surface area contributed by atoms with E-state index in [9.17, 15) is 0 Å². The van der Waals surface area contributed by atoms with Crippen LogP contribution in [-0.4, -0.2) is 46.4 Å². The average molecular weight is 531 g/mol. The molecule has 0 saturated carbocycles. The van der Waals surface area contributed by atoms with Gasteiger partial charge < -0.3 is 20.4 Å². The van der Waals surface area contributed by atoms with Crippen molar-refractivity contribution in [2.45, 2.75) is 13.0 Å². The summed E-state index contributed by atoms with van der Waals surface area (Å²) in [5, 5.41) is 31.3. The number of hydrogen-bond acceptors (Lipinski definition) is 4. The molecular formula is C33H70O4. The standard InChI is InChI=1S/C3H8O2.C2H6O2.14C2H4/c1-3(5)2-4;3-1-2-4;14*1-2/h3-5H,2H2,1H3;3-4H,1-2H2;14*1-2H2. The number of hydrogen-bond donors (Lipinski definition) is 4. The third-order valence-electron chi connectivity index (χ3n) is 0.364. The van der Waals surface area contributed by atoms with E-state index >= 15 is 0 Å². The molecule has 4 nitrogen and oxygen atoms in total. The van der Waals surface area contributed by atoms with Crippen LogP contribution in [0.2, 0.25) is 0 Å². The van der Waals surface area contributed by atoms with E-state index in [1.54, 1.807) is 0 Å². The van der Waals surface area contributed by atoms with Gasteiger partial charge in [0, 0.05) is 0 Å². The minimum Gasteiger partial charge on any atom is -0.394 e. The topological polar surface area (TPSA) is 80.9 Å². The lowest BCUT2D eigenvalue weighted by atomic mass is 10.5. The van der Waals surface area contributed by atoms with Crippen LogP contribution in [0.4, 0.5) is 0 Å². The van der Waals surface area contributed by atoms with Gasteiger partial charge in [-0.15, -0.1) is 184 Å². The smallest absolute Gasteiger partial charge is 0.0742 e. The molecule has 0 bridgehead atoms. The van der Waals surface area contributed by atoms with Gasteiger partial charge in [0.2, 0.25) is 0 Å². The van der Waals surface area contributed by atoms with Crippen LogP contribution < -0.4 is 0 Å². The van der Waals surface area contributed by atoms with Gasteiger partial charge in [0.1, 0.15) is 0 Å². The molecule has 0 spiro atoms. The molecule has 0 aromatic heterocycles. The molecule has 0 aliphatic carbocycles. The van der Waals surface area contributed by atoms with Gasteiger partial charge in [0.05, 0.1) is 25.9 Å². The van der Waals surface area contributed by atoms with Crippen molar-refractivity contribution >= 4 is 0 Å². The van der Waals surface area contributed by atoms with E-state index in [2.05, 4.69) is 184 Å². The molecule has 0 aliphatic rings. The molecule has 0 heterocycles. The predicted molar refractivity (Wildman–Crippen MR) is 190 cm³/mol. The zero-order chi connectivity index (χ0) is 35.7. The van der Waals surface area contributed by atoms with E-state index in [0.29, 0.717) is 0 Å². The van der Waals surface area contributed by atoms with Crippen LogP contribution in [0.3, 0.4) is 0 Å². The van der Waals surface area contributed by atoms with Crippen molar-refractivity contribution < 1.29 is 20.4 Å². The van der Waals surface area contributed by atoms with Crippen molar-refractivity contribution in [2.24, 2.45) is 0 Å². The van der Waals surface area contributed by atoms with E-state index in [0.717, 1.165) is 0 Å². The fourth-order valence-corrected chi connectivity index (χ4v) is 0. The van der Waals surface area contributed by atoms with Crippen LogP contribution in [0.25, 0.3) is 0 Å². The van der Waals surface area contributed by atoms with E-state index in [1.165, 1.54) is 6.92 Å². The van der Waals surface area contributed by atoms with E-state index in [1.807, 2.05) is 0 Å². The predicted octanol–water partition coefficient (Wildman–Crippen LogP) is 9.56. The number of rotatable bonds is 2. The van der Waals surface area contributed by atoms with Gasteiger partial charge in [-0.1, -0.05) is 0 Å². The van der Waals surface area contributed by atoms with Crippen molar-refractivity contribution in [3.05, 3.63) is 184 Å². The summed E-state index contributed by atoms with van der Waals surface area (Å²) in [6.07, 6.45) is -0.560. The first-order valence-electron chi connectivity index (χ1n) is 9.69. The zero-order valence-corrected chi connectivity index (χ0v) is 25.3. The molecule has 0 aliphatic heterocycles. The first-order chi connectivity index (χ1) is 18.2. The molecule has 1 unspecified atom stereocenters. The number of aliphatic hydroxyl groups excluding tert-OH is 4. The third-order valence-corrected chi connectivity index (χ3v) is 0.364. The first kappa shape index (κ1) is 116. The maximum absolute atomic E-state index is 8.11. The Morgan fingerprint density at radius 1 is 0.324 bits per heavy atom. The summed E-state index contributed by atoms with van der Waals surface area (Å²) < 4.78 is 0. The zero-order valence-electron chi connectivity index (χ0n) is 25.3. The summed E-state index contributed by atoms with van der Waals surface area (Å²) in [5.41, 5.74) is 0. The maximum Gasteiger partial charge on any atom is 0.0742 e. The van der Waals surface area contributed by atoms with Crippen molar-refractivity contribution in [1.29, 1.82) is 0 Å². The lowest BCUT2D eigenvalue weighted by molar-refractivity contribution is 0.110. The van der Waals surface area contributed by atoms with Crippen molar-refractivity contribution in [2.75, 3.05) is 19.8 Å². The third kappa shape index (κ3) is 45900. The molecule has 0 amide bonds. The molecule has 0 rings (SSSR count). The molecule has 226 valence electrons. The second kappa shape index (κ2) is 6480. The van der Waals surface area contributed by atoms with Crippen LogP contribution in [-0.2, 0) is 0 Å². The Kier molecular flexibility index (Phi) is 20400. The largest absolute Gasteiger partial charge is 0.394 e. The van der Waals surface area contributed by atoms with Crippen molar-refractivity contribution in [3.63, 3.8) is 0 Å². The average Bonchev–Trinajstić information content (AvgIpc) is 3.10. The Morgan fingerprint density at radius 2 is 0.378 bits per heavy atom. The van der Waals surface area contributed by atoms with Crippen molar-refractivity contribution in [1.82, 2.24) is 0 Å². The molecule has 37 heavy (non-hydrogen) atoms. The normalized spacial score (nSPS) is 4.35. The van der Waals surface area contributed by atoms with Gasteiger partial charge in [-0.05, 0) is 6.92 Å². The molecule has 1 atom stereocenters. The second-order valence-corrected chi connectivity index (χ2v) is 1.48. The quantitative estimate of drug-likeness (QED) is 0.268. The van der Waals surface area contributed by atoms with Crippen LogP contribution in [0.15, 0.2) is 184 Å². The molecule has 0 aromatic carbocycles. The summed E-state index contributed by atoms with van der Waals surface area (Å²) >= 11 is 0. The summed E-state index contributed by atoms with van der Waals surface area (Å²) in [5.74, 6) is 0. The maximum atomic E-state index is 8.11. The van der Waals surface area contributed by atoms with Crippen LogP contribution >= 0.6 is 0 Å². The van der Waals surface area contributed by atoms with Gasteiger partial charge in [0.25, 0.3) is 0 Å². The fraction of sp³-hybridized carbons (Fsp3) is 0.152. The van der Waals surface area contributed by atoms with Crippen LogP contribution in [0.5, 0.6) is 0 Å². The minimum absolute atomic E-state index is 0.125. The highest BCUT2D eigenvalue weighted by molar-refractivity contribution is 4.34. The Labute approximate surface area is 237 Å². The second-order valence-electron chi connectivity index (χ2n) is 1.48. The number of aliphatic hydroxyl groups is 4. The molecule has 0 aromatic rings. The van der Waals surface area contributed by atoms with Crippen LogP contribution in [0, 0.1) is 0 Å². The molecule has 0 saturated heterocycles. The molecular weight excluding hydrogens is 460 g/mol. The Morgan fingerprint density at radius 3 is 0.378 bits per heavy atom. The summed E-state index contributed by atoms with van der Waals surface area (Å²) in [6, 6.07) is 0. The Bertz CT molecular complexity index is 134. The summed E-state index contributed by atoms with van der Waals surface area (Å²) in [4.78, 5) is 0. The highest BCUT2D eigenvalue weighted by Crippen LogP contribution is 1.68. The molecule has 0 radical (unpaired) electrons. The Balaban J connectivity index is -0.00000000924. The SMILES string of the molecule is C=C.C=C.C=C.C=C.C=C.C=C.C=C.C=C.C=C.C=C.C=C.C=C.C=C.C=C.CC(O)CO.OCCO. The minimum atomic E-state index is -0.560. The summed E-state index contributed by atoms with van der Waals surface area (Å²) in [6.45, 7) is 85.1. The first-order valence-corrected chi connectivity index (χ1v) is 9.69. The van der Waals surface area contributed by atoms with Gasteiger partial charge in [-0.2, -0.15) is 0 Å².